The molecule has 2 rings (SSSR count). The van der Waals surface area contributed by atoms with Gasteiger partial charge in [-0.1, -0.05) is 39.0 Å². The lowest BCUT2D eigenvalue weighted by Gasteiger charge is -2.19. The lowest BCUT2D eigenvalue weighted by atomic mass is 9.87. The summed E-state index contributed by atoms with van der Waals surface area (Å²) in [6, 6.07) is 13.5. The molecule has 3 nitrogen and oxygen atoms in total. The monoisotopic (exact) mass is 315 g/mol. The number of carbonyl (C=O) groups excluding carboxylic acids is 1. The number of hydrogen-bond acceptors (Lipinski definition) is 2. The quantitative estimate of drug-likeness (QED) is 0.849. The summed E-state index contributed by atoms with van der Waals surface area (Å²) in [4.78, 5) is 11.9. The van der Waals surface area contributed by atoms with Crippen LogP contribution in [-0.4, -0.2) is 19.1 Å². The predicted molar refractivity (Wildman–Crippen MR) is 89.4 cm³/mol. The molecule has 1 N–H and O–H groups in total. The van der Waals surface area contributed by atoms with Crippen LogP contribution in [0.2, 0.25) is 0 Å². The van der Waals surface area contributed by atoms with Crippen LogP contribution >= 0.6 is 0 Å². The molecule has 23 heavy (non-hydrogen) atoms. The second-order valence-electron chi connectivity index (χ2n) is 6.39. The van der Waals surface area contributed by atoms with Gasteiger partial charge in [-0.3, -0.25) is 4.79 Å². The van der Waals surface area contributed by atoms with Crippen LogP contribution in [0.25, 0.3) is 0 Å². The van der Waals surface area contributed by atoms with Crippen LogP contribution in [0.4, 0.5) is 4.39 Å². The van der Waals surface area contributed by atoms with Gasteiger partial charge >= 0.3 is 0 Å². The van der Waals surface area contributed by atoms with Crippen LogP contribution in [0.1, 0.15) is 36.7 Å². The molecule has 0 atom stereocenters. The molecule has 122 valence electrons. The molecule has 0 unspecified atom stereocenters. The van der Waals surface area contributed by atoms with Crippen LogP contribution in [-0.2, 0) is 5.41 Å². The van der Waals surface area contributed by atoms with Crippen LogP contribution in [0, 0.1) is 5.82 Å². The van der Waals surface area contributed by atoms with Gasteiger partial charge in [0.2, 0.25) is 0 Å². The summed E-state index contributed by atoms with van der Waals surface area (Å²) in [6.07, 6.45) is 0. The molecule has 0 aromatic heterocycles. The summed E-state index contributed by atoms with van der Waals surface area (Å²) < 4.78 is 18.7. The fraction of sp³-hybridized carbons (Fsp3) is 0.316. The molecule has 2 aromatic carbocycles. The van der Waals surface area contributed by atoms with Gasteiger partial charge < -0.3 is 10.1 Å². The number of ether oxygens (including phenoxy) is 1. The normalized spacial score (nSPS) is 11.1. The van der Waals surface area contributed by atoms with E-state index in [0.717, 1.165) is 5.75 Å². The summed E-state index contributed by atoms with van der Waals surface area (Å²) in [5.41, 5.74) is 1.56. The van der Waals surface area contributed by atoms with E-state index in [4.69, 9.17) is 4.74 Å². The molecule has 2 aromatic rings. The third-order valence-corrected chi connectivity index (χ3v) is 3.44. The van der Waals surface area contributed by atoms with Gasteiger partial charge in [0.1, 0.15) is 18.2 Å². The van der Waals surface area contributed by atoms with Gasteiger partial charge in [0.15, 0.2) is 0 Å². The SMILES string of the molecule is CC(C)(C)c1cccc(OCCNC(=O)c2cccc(F)c2)c1. The number of hydrogen-bond donors (Lipinski definition) is 1. The highest BCUT2D eigenvalue weighted by Gasteiger charge is 2.13. The summed E-state index contributed by atoms with van der Waals surface area (Å²) in [5.74, 6) is 0.0434. The number of benzene rings is 2. The minimum atomic E-state index is -0.423. The van der Waals surface area contributed by atoms with Crippen molar-refractivity contribution in [2.24, 2.45) is 0 Å². The van der Waals surface area contributed by atoms with Crippen molar-refractivity contribution in [1.29, 1.82) is 0 Å². The van der Waals surface area contributed by atoms with Crippen molar-refractivity contribution < 1.29 is 13.9 Å². The lowest BCUT2D eigenvalue weighted by molar-refractivity contribution is 0.0946. The number of nitrogens with one attached hydrogen (secondary N) is 1. The molecular weight excluding hydrogens is 293 g/mol. The van der Waals surface area contributed by atoms with Crippen LogP contribution < -0.4 is 10.1 Å². The second kappa shape index (κ2) is 7.27. The highest BCUT2D eigenvalue weighted by molar-refractivity contribution is 5.94. The van der Waals surface area contributed by atoms with Gasteiger partial charge in [0, 0.05) is 5.56 Å². The highest BCUT2D eigenvalue weighted by Crippen LogP contribution is 2.25. The molecule has 0 bridgehead atoms. The van der Waals surface area contributed by atoms with Crippen molar-refractivity contribution in [2.75, 3.05) is 13.2 Å². The Morgan fingerprint density at radius 3 is 2.57 bits per heavy atom. The van der Waals surface area contributed by atoms with E-state index in [1.807, 2.05) is 18.2 Å². The Hall–Kier alpha value is -2.36. The van der Waals surface area contributed by atoms with Crippen molar-refractivity contribution in [3.05, 3.63) is 65.5 Å². The maximum atomic E-state index is 13.1. The Balaban J connectivity index is 1.83. The van der Waals surface area contributed by atoms with Crippen molar-refractivity contribution >= 4 is 5.91 Å². The third kappa shape index (κ3) is 5.09. The minimum absolute atomic E-state index is 0.0605. The summed E-state index contributed by atoms with van der Waals surface area (Å²) >= 11 is 0. The molecule has 0 aliphatic rings. The maximum Gasteiger partial charge on any atom is 0.251 e. The first kappa shape index (κ1) is 17.0. The van der Waals surface area contributed by atoms with Crippen LogP contribution in [0.15, 0.2) is 48.5 Å². The average Bonchev–Trinajstić information content (AvgIpc) is 2.51. The molecule has 0 saturated heterocycles. The molecule has 0 aliphatic carbocycles. The third-order valence-electron chi connectivity index (χ3n) is 3.44. The first-order valence-corrected chi connectivity index (χ1v) is 7.63. The molecule has 0 radical (unpaired) electrons. The largest absolute Gasteiger partial charge is 0.492 e. The van der Waals surface area contributed by atoms with E-state index in [2.05, 4.69) is 32.2 Å². The number of amides is 1. The number of carbonyl (C=O) groups is 1. The molecule has 0 spiro atoms. The van der Waals surface area contributed by atoms with Crippen molar-refractivity contribution in [2.45, 2.75) is 26.2 Å². The summed E-state index contributed by atoms with van der Waals surface area (Å²) in [7, 11) is 0. The van der Waals surface area contributed by atoms with Crippen LogP contribution in [0.5, 0.6) is 5.75 Å². The molecule has 0 fully saturated rings. The molecular formula is C19H22FNO2. The van der Waals surface area contributed by atoms with Gasteiger partial charge in [-0.05, 0) is 41.3 Å². The Labute approximate surface area is 136 Å². The van der Waals surface area contributed by atoms with E-state index >= 15 is 0 Å². The van der Waals surface area contributed by atoms with Gasteiger partial charge in [-0.25, -0.2) is 4.39 Å². The predicted octanol–water partition coefficient (Wildman–Crippen LogP) is 3.93. The van der Waals surface area contributed by atoms with Crippen molar-refractivity contribution in [3.8, 4) is 5.75 Å². The van der Waals surface area contributed by atoms with E-state index in [1.54, 1.807) is 6.07 Å². The van der Waals surface area contributed by atoms with E-state index in [1.165, 1.54) is 23.8 Å². The Morgan fingerprint density at radius 2 is 1.87 bits per heavy atom. The molecule has 0 saturated carbocycles. The van der Waals surface area contributed by atoms with E-state index in [9.17, 15) is 9.18 Å². The Morgan fingerprint density at radius 1 is 1.13 bits per heavy atom. The van der Waals surface area contributed by atoms with Gasteiger partial charge in [0.05, 0.1) is 6.54 Å². The molecule has 4 heteroatoms. The lowest BCUT2D eigenvalue weighted by Crippen LogP contribution is -2.28. The summed E-state index contributed by atoms with van der Waals surface area (Å²) in [6.45, 7) is 7.14. The molecule has 0 heterocycles. The fourth-order valence-corrected chi connectivity index (χ4v) is 2.12. The fourth-order valence-electron chi connectivity index (χ4n) is 2.12. The maximum absolute atomic E-state index is 13.1. The minimum Gasteiger partial charge on any atom is -0.492 e. The zero-order valence-corrected chi connectivity index (χ0v) is 13.7. The van der Waals surface area contributed by atoms with Gasteiger partial charge in [0.25, 0.3) is 5.91 Å². The van der Waals surface area contributed by atoms with Crippen molar-refractivity contribution in [3.63, 3.8) is 0 Å². The van der Waals surface area contributed by atoms with Crippen LogP contribution in [0.3, 0.4) is 0 Å². The number of rotatable bonds is 5. The Kier molecular flexibility index (Phi) is 5.37. The second-order valence-corrected chi connectivity index (χ2v) is 6.39. The smallest absolute Gasteiger partial charge is 0.251 e. The highest BCUT2D eigenvalue weighted by atomic mass is 19.1. The summed E-state index contributed by atoms with van der Waals surface area (Å²) in [5, 5.41) is 2.71. The van der Waals surface area contributed by atoms with E-state index < -0.39 is 5.82 Å². The zero-order chi connectivity index (χ0) is 16.9. The zero-order valence-electron chi connectivity index (χ0n) is 13.7. The van der Waals surface area contributed by atoms with Gasteiger partial charge in [-0.2, -0.15) is 0 Å². The van der Waals surface area contributed by atoms with E-state index in [-0.39, 0.29) is 11.3 Å². The van der Waals surface area contributed by atoms with Gasteiger partial charge in [-0.15, -0.1) is 0 Å². The first-order valence-electron chi connectivity index (χ1n) is 7.63. The molecule has 1 amide bonds. The average molecular weight is 315 g/mol. The first-order chi connectivity index (χ1) is 10.9. The van der Waals surface area contributed by atoms with E-state index in [0.29, 0.717) is 18.7 Å². The topological polar surface area (TPSA) is 38.3 Å². The molecule has 0 aliphatic heterocycles. The van der Waals surface area contributed by atoms with Crippen molar-refractivity contribution in [1.82, 2.24) is 5.32 Å². The number of halogens is 1. The standard InChI is InChI=1S/C19H22FNO2/c1-19(2,3)15-7-5-9-17(13-15)23-11-10-21-18(22)14-6-4-8-16(20)12-14/h4-9,12-13H,10-11H2,1-3H3,(H,21,22). The Bertz CT molecular complexity index is 677.